The van der Waals surface area contributed by atoms with E-state index in [2.05, 4.69) is 92.2 Å². The molecule has 3 aromatic heterocycles. The number of ether oxygens (including phenoxy) is 1. The van der Waals surface area contributed by atoms with Gasteiger partial charge in [-0.3, -0.25) is 14.9 Å². The van der Waals surface area contributed by atoms with Crippen molar-refractivity contribution in [3.8, 4) is 16.9 Å². The molecule has 2 aromatic carbocycles. The van der Waals surface area contributed by atoms with Crippen LogP contribution in [0.5, 0.6) is 5.75 Å². The first-order valence-corrected chi connectivity index (χ1v) is 20.8. The van der Waals surface area contributed by atoms with Crippen LogP contribution in [-0.2, 0) is 4.57 Å². The first-order chi connectivity index (χ1) is 23.7. The fourth-order valence-electron chi connectivity index (χ4n) is 6.84. The average molecular weight is 763 g/mol. The fraction of sp³-hybridized carbons (Fsp3) is 0.371. The third kappa shape index (κ3) is 7.32. The lowest BCUT2D eigenvalue weighted by Gasteiger charge is -2.43. The van der Waals surface area contributed by atoms with Crippen molar-refractivity contribution in [2.24, 2.45) is 0 Å². The molecule has 5 heterocycles. The summed E-state index contributed by atoms with van der Waals surface area (Å²) < 4.78 is 20.1. The molecule has 2 aliphatic rings. The van der Waals surface area contributed by atoms with E-state index >= 15 is 0 Å². The van der Waals surface area contributed by atoms with Gasteiger partial charge in [0.1, 0.15) is 24.2 Å². The summed E-state index contributed by atoms with van der Waals surface area (Å²) in [5.41, 5.74) is 6.20. The lowest BCUT2D eigenvalue weighted by Crippen LogP contribution is -2.52. The Labute approximate surface area is 299 Å². The third-order valence-corrected chi connectivity index (χ3v) is 12.2. The van der Waals surface area contributed by atoms with E-state index in [0.29, 0.717) is 50.1 Å². The Balaban J connectivity index is 1.17. The highest BCUT2D eigenvalue weighted by atomic mass is 79.9. The molecule has 0 spiro atoms. The quantitative estimate of drug-likeness (QED) is 0.154. The molecule has 2 fully saturated rings. The van der Waals surface area contributed by atoms with Crippen LogP contribution in [0, 0.1) is 0 Å². The van der Waals surface area contributed by atoms with Crippen LogP contribution in [0.4, 0.5) is 28.8 Å². The van der Waals surface area contributed by atoms with Crippen LogP contribution < -0.4 is 25.6 Å². The van der Waals surface area contributed by atoms with Crippen molar-refractivity contribution >= 4 is 79.6 Å². The molecule has 2 saturated heterocycles. The molecule has 14 heteroatoms. The van der Waals surface area contributed by atoms with Gasteiger partial charge in [-0.1, -0.05) is 0 Å². The molecule has 0 saturated carbocycles. The van der Waals surface area contributed by atoms with Crippen molar-refractivity contribution in [3.05, 3.63) is 64.2 Å². The summed E-state index contributed by atoms with van der Waals surface area (Å²) in [6, 6.07) is 10.8. The summed E-state index contributed by atoms with van der Waals surface area (Å²) in [4.78, 5) is 25.9. The molecule has 256 valence electrons. The maximum Gasteiger partial charge on any atom is 0.229 e. The van der Waals surface area contributed by atoms with Crippen LogP contribution in [-0.4, -0.2) is 103 Å². The second-order valence-corrected chi connectivity index (χ2v) is 17.8. The molecule has 49 heavy (non-hydrogen) atoms. The van der Waals surface area contributed by atoms with Gasteiger partial charge >= 0.3 is 0 Å². The number of fused-ring (bicyclic) bond motifs is 1. The zero-order valence-corrected chi connectivity index (χ0v) is 31.5. The van der Waals surface area contributed by atoms with Gasteiger partial charge in [-0.05, 0) is 89.7 Å². The Morgan fingerprint density at radius 2 is 1.73 bits per heavy atom. The number of piperidine rings is 1. The second kappa shape index (κ2) is 14.3. The Kier molecular flexibility index (Phi) is 9.90. The number of hydrogen-bond acceptors (Lipinski definition) is 12. The van der Waals surface area contributed by atoms with Gasteiger partial charge in [0.25, 0.3) is 0 Å². The van der Waals surface area contributed by atoms with Crippen molar-refractivity contribution in [3.63, 3.8) is 0 Å². The van der Waals surface area contributed by atoms with Gasteiger partial charge in [-0.15, -0.1) is 0 Å². The monoisotopic (exact) mass is 761 g/mol. The van der Waals surface area contributed by atoms with Gasteiger partial charge in [-0.2, -0.15) is 16.3 Å². The number of nitrogens with one attached hydrogen (secondary N) is 2. The number of piperazine rings is 1. The number of methoxy groups -OCH3 is 1. The zero-order valence-electron chi connectivity index (χ0n) is 28.2. The van der Waals surface area contributed by atoms with Gasteiger partial charge in [0.15, 0.2) is 0 Å². The number of halogens is 1. The van der Waals surface area contributed by atoms with E-state index < -0.39 is 7.14 Å². The predicted octanol–water partition coefficient (Wildman–Crippen LogP) is 6.87. The number of benzene rings is 2. The summed E-state index contributed by atoms with van der Waals surface area (Å²) in [6.45, 7) is 10.1. The molecule has 2 aliphatic heterocycles. The van der Waals surface area contributed by atoms with E-state index in [4.69, 9.17) is 9.72 Å². The molecule has 0 bridgehead atoms. The molecular formula is C35H41BrN9O2PS. The average Bonchev–Trinajstić information content (AvgIpc) is 3.64. The molecule has 11 nitrogen and oxygen atoms in total. The van der Waals surface area contributed by atoms with E-state index in [0.717, 1.165) is 63.4 Å². The van der Waals surface area contributed by atoms with Crippen LogP contribution >= 0.6 is 34.4 Å². The van der Waals surface area contributed by atoms with Crippen molar-refractivity contribution in [2.75, 3.05) is 82.3 Å². The number of likely N-dealkylation sites (N-methyl/N-ethyl adjacent to an activating group) is 1. The van der Waals surface area contributed by atoms with E-state index in [9.17, 15) is 4.57 Å². The van der Waals surface area contributed by atoms with Crippen LogP contribution in [0.25, 0.3) is 22.2 Å². The molecule has 7 rings (SSSR count). The molecular weight excluding hydrogens is 721 g/mol. The number of aromatic nitrogens is 4. The summed E-state index contributed by atoms with van der Waals surface area (Å²) in [5.74, 6) is 1.62. The molecule has 0 unspecified atom stereocenters. The number of nitrogens with zero attached hydrogens (tertiary/aromatic N) is 7. The van der Waals surface area contributed by atoms with E-state index in [1.165, 1.54) is 11.3 Å². The Hall–Kier alpha value is -3.61. The van der Waals surface area contributed by atoms with Crippen LogP contribution in [0.3, 0.4) is 0 Å². The minimum absolute atomic E-state index is 0.388. The molecule has 0 radical (unpaired) electrons. The topological polar surface area (TPSA) is 112 Å². The number of rotatable bonds is 9. The first-order valence-electron chi connectivity index (χ1n) is 16.5. The van der Waals surface area contributed by atoms with E-state index in [-0.39, 0.29) is 0 Å². The summed E-state index contributed by atoms with van der Waals surface area (Å²) in [6.07, 6.45) is 7.24. The Morgan fingerprint density at radius 3 is 2.45 bits per heavy atom. The van der Waals surface area contributed by atoms with Crippen molar-refractivity contribution < 1.29 is 9.30 Å². The summed E-state index contributed by atoms with van der Waals surface area (Å²) in [7, 11) is 1.16. The van der Waals surface area contributed by atoms with Gasteiger partial charge in [0.05, 0.1) is 33.8 Å². The predicted molar refractivity (Wildman–Crippen MR) is 206 cm³/mol. The van der Waals surface area contributed by atoms with Crippen LogP contribution in [0.15, 0.2) is 64.2 Å². The van der Waals surface area contributed by atoms with Crippen molar-refractivity contribution in [2.45, 2.75) is 18.9 Å². The highest BCUT2D eigenvalue weighted by Crippen LogP contribution is 2.43. The smallest absolute Gasteiger partial charge is 0.229 e. The molecule has 0 aliphatic carbocycles. The fourth-order valence-corrected chi connectivity index (χ4v) is 9.18. The Morgan fingerprint density at radius 1 is 0.959 bits per heavy atom. The highest BCUT2D eigenvalue weighted by Gasteiger charge is 2.29. The molecule has 2 N–H and O–H groups in total. The van der Waals surface area contributed by atoms with Gasteiger partial charge in [0.2, 0.25) is 5.95 Å². The van der Waals surface area contributed by atoms with Crippen LogP contribution in [0.1, 0.15) is 12.8 Å². The number of hydrogen-bond donors (Lipinski definition) is 2. The normalized spacial score (nSPS) is 16.6. The largest absolute Gasteiger partial charge is 0.494 e. The standard InChI is InChI=1S/C35H41BrN9O2PS/c1-43-14-16-44(17-15-43)24-7-12-45(13-8-24)30-20-31(47-2)29(19-25(30)23-9-18-49-22-23)41-35-39-21-26(36)34(42-35)40-28-6-5-27-32(38-11-10-37-27)33(28)48(3,4)46/h5-6,9-11,18-22,24H,7-8,12-17H2,1-4H3,(H2,39,40,41,42). The van der Waals surface area contributed by atoms with E-state index in [1.807, 2.05) is 12.1 Å². The molecule has 0 amide bonds. The number of anilines is 5. The van der Waals surface area contributed by atoms with Crippen molar-refractivity contribution in [1.82, 2.24) is 29.7 Å². The number of thiophene rings is 1. The maximum absolute atomic E-state index is 13.5. The van der Waals surface area contributed by atoms with Gasteiger partial charge in [0, 0.05) is 81.2 Å². The molecule has 5 aromatic rings. The van der Waals surface area contributed by atoms with Gasteiger partial charge in [-0.25, -0.2) is 4.98 Å². The van der Waals surface area contributed by atoms with Crippen LogP contribution in [0.2, 0.25) is 0 Å². The maximum atomic E-state index is 13.5. The van der Waals surface area contributed by atoms with Gasteiger partial charge < -0.3 is 29.7 Å². The minimum atomic E-state index is -2.75. The minimum Gasteiger partial charge on any atom is -0.494 e. The highest BCUT2D eigenvalue weighted by molar-refractivity contribution is 9.10. The molecule has 0 atom stereocenters. The lowest BCUT2D eigenvalue weighted by atomic mass is 9.98. The first kappa shape index (κ1) is 33.9. The summed E-state index contributed by atoms with van der Waals surface area (Å²) in [5, 5.41) is 11.7. The van der Waals surface area contributed by atoms with E-state index in [1.54, 1.807) is 50.4 Å². The zero-order chi connectivity index (χ0) is 34.1. The summed E-state index contributed by atoms with van der Waals surface area (Å²) >= 11 is 5.29. The second-order valence-electron chi connectivity index (χ2n) is 13.0. The third-order valence-electron chi connectivity index (χ3n) is 9.41. The lowest BCUT2D eigenvalue weighted by molar-refractivity contribution is 0.0982. The van der Waals surface area contributed by atoms with Crippen molar-refractivity contribution in [1.29, 1.82) is 0 Å². The SMILES string of the molecule is COc1cc(N2CCC(N3CCN(C)CC3)CC2)c(-c2ccsc2)cc1Nc1ncc(Br)c(Nc2ccc3nccnc3c2P(C)(C)=O)n1. The Bertz CT molecular complexity index is 1990.